The third kappa shape index (κ3) is 4.98. The van der Waals surface area contributed by atoms with Crippen LogP contribution >= 0.6 is 0 Å². The van der Waals surface area contributed by atoms with Crippen molar-refractivity contribution in [1.29, 1.82) is 0 Å². The van der Waals surface area contributed by atoms with Crippen LogP contribution in [0, 0.1) is 5.92 Å². The molecule has 1 N–H and O–H groups in total. The summed E-state index contributed by atoms with van der Waals surface area (Å²) in [4.78, 5) is 11.4. The molecule has 144 valence electrons. The second kappa shape index (κ2) is 9.38. The molecule has 2 aliphatic rings. The summed E-state index contributed by atoms with van der Waals surface area (Å²) >= 11 is 0. The van der Waals surface area contributed by atoms with E-state index in [0.29, 0.717) is 12.5 Å². The average molecular weight is 361 g/mol. The number of anilines is 1. The number of benzene rings is 1. The van der Waals surface area contributed by atoms with Crippen molar-refractivity contribution in [2.24, 2.45) is 5.92 Å². The standard InChI is InChI=1S/C21H31NO4/c1-2-24-20(23)22-19-12-10-17(11-13-19)7-6-14-21(25-15-16-26-21)18-8-4-3-5-9-18/h10-13,18H,2-9,14-16H2,1H3,(H,22,23). The molecule has 0 aromatic heterocycles. The number of ether oxygens (including phenoxy) is 3. The average Bonchev–Trinajstić information content (AvgIpc) is 3.14. The number of carbonyl (C=O) groups excluding carboxylic acids is 1. The van der Waals surface area contributed by atoms with E-state index in [1.807, 2.05) is 12.1 Å². The van der Waals surface area contributed by atoms with Crippen LogP contribution in [-0.4, -0.2) is 31.7 Å². The molecule has 1 saturated heterocycles. The van der Waals surface area contributed by atoms with Gasteiger partial charge in [0.1, 0.15) is 0 Å². The molecular weight excluding hydrogens is 330 g/mol. The topological polar surface area (TPSA) is 56.8 Å². The highest BCUT2D eigenvalue weighted by Gasteiger charge is 2.43. The zero-order chi connectivity index (χ0) is 18.2. The molecule has 3 rings (SSSR count). The van der Waals surface area contributed by atoms with Crippen molar-refractivity contribution in [2.45, 2.75) is 64.1 Å². The molecule has 26 heavy (non-hydrogen) atoms. The van der Waals surface area contributed by atoms with E-state index in [4.69, 9.17) is 14.2 Å². The Hall–Kier alpha value is -1.59. The molecule has 0 radical (unpaired) electrons. The van der Waals surface area contributed by atoms with E-state index in [-0.39, 0.29) is 5.79 Å². The summed E-state index contributed by atoms with van der Waals surface area (Å²) < 4.78 is 17.1. The van der Waals surface area contributed by atoms with E-state index < -0.39 is 6.09 Å². The highest BCUT2D eigenvalue weighted by Crippen LogP contribution is 2.41. The van der Waals surface area contributed by atoms with E-state index >= 15 is 0 Å². The minimum absolute atomic E-state index is 0.341. The van der Waals surface area contributed by atoms with Gasteiger partial charge in [-0.15, -0.1) is 0 Å². The summed E-state index contributed by atoms with van der Waals surface area (Å²) in [5.41, 5.74) is 2.02. The minimum atomic E-state index is -0.412. The highest BCUT2D eigenvalue weighted by molar-refractivity contribution is 5.84. The molecule has 5 heteroatoms. The Bertz CT molecular complexity index is 560. The monoisotopic (exact) mass is 361 g/mol. The van der Waals surface area contributed by atoms with Crippen LogP contribution in [0.15, 0.2) is 24.3 Å². The molecule has 0 unspecified atom stereocenters. The van der Waals surface area contributed by atoms with Crippen molar-refractivity contribution >= 4 is 11.8 Å². The number of hydrogen-bond acceptors (Lipinski definition) is 4. The van der Waals surface area contributed by atoms with Crippen molar-refractivity contribution in [3.8, 4) is 0 Å². The fourth-order valence-corrected chi connectivity index (χ4v) is 4.18. The summed E-state index contributed by atoms with van der Waals surface area (Å²) in [5, 5.41) is 2.72. The highest BCUT2D eigenvalue weighted by atomic mass is 16.7. The Morgan fingerprint density at radius 2 is 1.85 bits per heavy atom. The number of hydrogen-bond donors (Lipinski definition) is 1. The predicted octanol–water partition coefficient (Wildman–Crippen LogP) is 4.90. The molecule has 0 bridgehead atoms. The number of amides is 1. The molecule has 1 aromatic carbocycles. The van der Waals surface area contributed by atoms with Gasteiger partial charge in [-0.2, -0.15) is 0 Å². The van der Waals surface area contributed by atoms with Crippen molar-refractivity contribution in [2.75, 3.05) is 25.1 Å². The smallest absolute Gasteiger partial charge is 0.411 e. The molecule has 1 aliphatic carbocycles. The van der Waals surface area contributed by atoms with Crippen molar-refractivity contribution in [3.63, 3.8) is 0 Å². The first kappa shape index (κ1) is 19.2. The van der Waals surface area contributed by atoms with E-state index in [9.17, 15) is 4.79 Å². The van der Waals surface area contributed by atoms with Gasteiger partial charge in [0.15, 0.2) is 5.79 Å². The number of nitrogens with one attached hydrogen (secondary N) is 1. The first-order chi connectivity index (χ1) is 12.7. The fraction of sp³-hybridized carbons (Fsp3) is 0.667. The van der Waals surface area contributed by atoms with E-state index in [0.717, 1.165) is 38.2 Å². The van der Waals surface area contributed by atoms with E-state index in [2.05, 4.69) is 17.4 Å². The maximum absolute atomic E-state index is 11.4. The lowest BCUT2D eigenvalue weighted by Gasteiger charge is -2.38. The van der Waals surface area contributed by atoms with Crippen LogP contribution < -0.4 is 5.32 Å². The third-order valence-corrected chi connectivity index (χ3v) is 5.47. The number of carbonyl (C=O) groups is 1. The van der Waals surface area contributed by atoms with Gasteiger partial charge in [0.25, 0.3) is 0 Å². The van der Waals surface area contributed by atoms with Crippen LogP contribution in [0.25, 0.3) is 0 Å². The SMILES string of the molecule is CCOC(=O)Nc1ccc(CCCC2(C3CCCCC3)OCCO2)cc1. The second-order valence-electron chi connectivity index (χ2n) is 7.24. The van der Waals surface area contributed by atoms with Crippen LogP contribution in [0.3, 0.4) is 0 Å². The quantitative estimate of drug-likeness (QED) is 0.750. The third-order valence-electron chi connectivity index (χ3n) is 5.47. The molecule has 0 atom stereocenters. The molecule has 1 saturated carbocycles. The Balaban J connectivity index is 1.49. The lowest BCUT2D eigenvalue weighted by molar-refractivity contribution is -0.207. The van der Waals surface area contributed by atoms with Gasteiger partial charge in [0, 0.05) is 18.0 Å². The molecule has 0 spiro atoms. The summed E-state index contributed by atoms with van der Waals surface area (Å²) in [6, 6.07) is 7.97. The van der Waals surface area contributed by atoms with Crippen LogP contribution in [0.4, 0.5) is 10.5 Å². The second-order valence-corrected chi connectivity index (χ2v) is 7.24. The van der Waals surface area contributed by atoms with E-state index in [1.54, 1.807) is 6.92 Å². The lowest BCUT2D eigenvalue weighted by atomic mass is 9.81. The van der Waals surface area contributed by atoms with Crippen molar-refractivity contribution < 1.29 is 19.0 Å². The maximum atomic E-state index is 11.4. The van der Waals surface area contributed by atoms with Gasteiger partial charge in [-0.3, -0.25) is 5.32 Å². The molecular formula is C21H31NO4. The molecule has 5 nitrogen and oxygen atoms in total. The fourth-order valence-electron chi connectivity index (χ4n) is 4.18. The number of rotatable bonds is 7. The summed E-state index contributed by atoms with van der Waals surface area (Å²) in [5.74, 6) is 0.209. The van der Waals surface area contributed by atoms with Gasteiger partial charge in [-0.05, 0) is 50.3 Å². The first-order valence-electron chi connectivity index (χ1n) is 10.0. The predicted molar refractivity (Wildman–Crippen MR) is 101 cm³/mol. The molecule has 1 amide bonds. The summed E-state index contributed by atoms with van der Waals surface area (Å²) in [7, 11) is 0. The Morgan fingerprint density at radius 1 is 1.15 bits per heavy atom. The zero-order valence-electron chi connectivity index (χ0n) is 15.8. The maximum Gasteiger partial charge on any atom is 0.411 e. The minimum Gasteiger partial charge on any atom is -0.450 e. The van der Waals surface area contributed by atoms with Crippen molar-refractivity contribution in [1.82, 2.24) is 0 Å². The first-order valence-corrected chi connectivity index (χ1v) is 10.0. The van der Waals surface area contributed by atoms with Gasteiger partial charge in [-0.25, -0.2) is 4.79 Å². The van der Waals surface area contributed by atoms with Crippen LogP contribution in [-0.2, 0) is 20.6 Å². The summed E-state index contributed by atoms with van der Waals surface area (Å²) in [6.07, 6.45) is 8.98. The van der Waals surface area contributed by atoms with Crippen LogP contribution in [0.1, 0.15) is 57.4 Å². The Morgan fingerprint density at radius 3 is 2.50 bits per heavy atom. The van der Waals surface area contributed by atoms with E-state index in [1.165, 1.54) is 37.7 Å². The van der Waals surface area contributed by atoms with Crippen LogP contribution in [0.5, 0.6) is 0 Å². The summed E-state index contributed by atoms with van der Waals surface area (Å²) in [6.45, 7) is 3.62. The molecule has 1 heterocycles. The normalized spacial score (nSPS) is 20.0. The number of aryl methyl sites for hydroxylation is 1. The largest absolute Gasteiger partial charge is 0.450 e. The zero-order valence-corrected chi connectivity index (χ0v) is 15.8. The van der Waals surface area contributed by atoms with Gasteiger partial charge in [0.05, 0.1) is 19.8 Å². The van der Waals surface area contributed by atoms with Gasteiger partial charge in [0.2, 0.25) is 0 Å². The van der Waals surface area contributed by atoms with Gasteiger partial charge in [-0.1, -0.05) is 31.4 Å². The Labute approximate surface area is 156 Å². The molecule has 1 aromatic rings. The molecule has 2 fully saturated rings. The lowest BCUT2D eigenvalue weighted by Crippen LogP contribution is -2.40. The van der Waals surface area contributed by atoms with Crippen molar-refractivity contribution in [3.05, 3.63) is 29.8 Å². The Kier molecular flexibility index (Phi) is 6.92. The van der Waals surface area contributed by atoms with Gasteiger partial charge >= 0.3 is 6.09 Å². The molecule has 1 aliphatic heterocycles. The van der Waals surface area contributed by atoms with Gasteiger partial charge < -0.3 is 14.2 Å². The van der Waals surface area contributed by atoms with Crippen LogP contribution in [0.2, 0.25) is 0 Å².